The van der Waals surface area contributed by atoms with E-state index in [9.17, 15) is 14.4 Å². The summed E-state index contributed by atoms with van der Waals surface area (Å²) in [6, 6.07) is 33.5. The zero-order chi connectivity index (χ0) is 30.4. The molecule has 0 spiro atoms. The van der Waals surface area contributed by atoms with E-state index in [4.69, 9.17) is 0 Å². The van der Waals surface area contributed by atoms with Crippen molar-refractivity contribution in [2.24, 2.45) is 5.92 Å². The summed E-state index contributed by atoms with van der Waals surface area (Å²) in [4.78, 5) is 42.5. The largest absolute Gasteiger partial charge is 0.311 e. The molecule has 0 bridgehead atoms. The molecule has 1 unspecified atom stereocenters. The molecule has 0 aliphatic rings. The van der Waals surface area contributed by atoms with Gasteiger partial charge < -0.3 is 9.80 Å². The van der Waals surface area contributed by atoms with Crippen molar-refractivity contribution < 1.29 is 14.4 Å². The van der Waals surface area contributed by atoms with Gasteiger partial charge in [-0.05, 0) is 55.8 Å². The minimum Gasteiger partial charge on any atom is -0.311 e. The third-order valence-corrected chi connectivity index (χ3v) is 6.61. The van der Waals surface area contributed by atoms with Gasteiger partial charge in [0, 0.05) is 48.1 Å². The number of carbonyl (C=O) groups is 3. The van der Waals surface area contributed by atoms with Gasteiger partial charge in [-0.15, -0.1) is 0 Å². The maximum atomic E-state index is 13.3. The molecule has 4 aromatic rings. The van der Waals surface area contributed by atoms with Crippen LogP contribution in [-0.4, -0.2) is 31.7 Å². The highest BCUT2D eigenvalue weighted by molar-refractivity contribution is 6.12. The molecular weight excluding hydrogens is 508 g/mol. The van der Waals surface area contributed by atoms with Gasteiger partial charge in [-0.2, -0.15) is 0 Å². The van der Waals surface area contributed by atoms with Gasteiger partial charge in [0.15, 0.2) is 5.78 Å². The highest BCUT2D eigenvalue weighted by atomic mass is 16.2. The number of Topliss-reactive ketones (excluding diaryl/α,β-unsaturated/α-hetero) is 1. The fourth-order valence-corrected chi connectivity index (χ4v) is 3.95. The number of para-hydroxylation sites is 2. The summed E-state index contributed by atoms with van der Waals surface area (Å²) in [5.74, 6) is -0.860. The number of aryl methyl sites for hydroxylation is 1. The predicted octanol–water partition coefficient (Wildman–Crippen LogP) is 8.49. The van der Waals surface area contributed by atoms with Gasteiger partial charge in [0.25, 0.3) is 11.8 Å². The van der Waals surface area contributed by atoms with Crippen LogP contribution in [-0.2, 0) is 0 Å². The van der Waals surface area contributed by atoms with Crippen LogP contribution >= 0.6 is 0 Å². The zero-order valence-corrected chi connectivity index (χ0v) is 25.3. The molecule has 5 nitrogen and oxygen atoms in total. The minimum atomic E-state index is -0.286. The second-order valence-corrected chi connectivity index (χ2v) is 9.53. The summed E-state index contributed by atoms with van der Waals surface area (Å²) in [5.41, 5.74) is 3.75. The second kappa shape index (κ2) is 16.6. The summed E-state index contributed by atoms with van der Waals surface area (Å²) < 4.78 is 0. The molecule has 214 valence electrons. The Balaban J connectivity index is 0.000000561. The maximum absolute atomic E-state index is 13.3. The van der Waals surface area contributed by atoms with Crippen molar-refractivity contribution in [1.29, 1.82) is 0 Å². The van der Waals surface area contributed by atoms with Gasteiger partial charge in [0.05, 0.1) is 0 Å². The SMILES string of the molecule is CC.CCC(C)C(=O)c1cc(C(=O)N(C)c2ccccc2)cc(C(=O)N(C)c2ccccc2)c1.Cc1ccccc1. The predicted molar refractivity (Wildman–Crippen MR) is 171 cm³/mol. The minimum absolute atomic E-state index is 0.0825. The Bertz CT molecular complexity index is 1310. The average molecular weight is 551 g/mol. The number of hydrogen-bond acceptors (Lipinski definition) is 3. The number of carbonyl (C=O) groups excluding carboxylic acids is 3. The van der Waals surface area contributed by atoms with E-state index in [2.05, 4.69) is 19.1 Å². The lowest BCUT2D eigenvalue weighted by atomic mass is 9.93. The van der Waals surface area contributed by atoms with Crippen LogP contribution in [0.3, 0.4) is 0 Å². The number of hydrogen-bond donors (Lipinski definition) is 0. The molecule has 0 aliphatic heterocycles. The molecule has 5 heteroatoms. The molecule has 0 N–H and O–H groups in total. The summed E-state index contributed by atoms with van der Waals surface area (Å²) in [6.45, 7) is 9.88. The first-order chi connectivity index (χ1) is 19.7. The van der Waals surface area contributed by atoms with Crippen molar-refractivity contribution in [1.82, 2.24) is 0 Å². The van der Waals surface area contributed by atoms with E-state index in [1.54, 1.807) is 32.3 Å². The molecule has 0 heterocycles. The number of rotatable bonds is 7. The molecule has 0 fully saturated rings. The quantitative estimate of drug-likeness (QED) is 0.217. The van der Waals surface area contributed by atoms with Crippen LogP contribution in [0.5, 0.6) is 0 Å². The third kappa shape index (κ3) is 9.28. The van der Waals surface area contributed by atoms with E-state index >= 15 is 0 Å². The lowest BCUT2D eigenvalue weighted by Crippen LogP contribution is -2.29. The highest BCUT2D eigenvalue weighted by Crippen LogP contribution is 2.22. The lowest BCUT2D eigenvalue weighted by Gasteiger charge is -2.21. The van der Waals surface area contributed by atoms with Crippen LogP contribution in [0.25, 0.3) is 0 Å². The third-order valence-electron chi connectivity index (χ3n) is 6.61. The van der Waals surface area contributed by atoms with Gasteiger partial charge in [0.2, 0.25) is 0 Å². The Kier molecular flexibility index (Phi) is 13.2. The maximum Gasteiger partial charge on any atom is 0.258 e. The number of nitrogens with zero attached hydrogens (tertiary/aromatic N) is 2. The van der Waals surface area contributed by atoms with Crippen LogP contribution in [0, 0.1) is 12.8 Å². The first kappa shape index (κ1) is 32.7. The van der Waals surface area contributed by atoms with Crippen LogP contribution in [0.15, 0.2) is 109 Å². The van der Waals surface area contributed by atoms with Gasteiger partial charge in [0.1, 0.15) is 0 Å². The van der Waals surface area contributed by atoms with E-state index in [1.165, 1.54) is 15.4 Å². The Morgan fingerprint density at radius 3 is 1.27 bits per heavy atom. The standard InChI is InChI=1S/C27H28N2O3.C7H8.C2H6/c1-5-19(2)25(30)20-16-21(26(31)28(3)23-12-8-6-9-13-23)18-22(17-20)27(32)29(4)24-14-10-7-11-15-24;1-7-5-3-2-4-6-7;1-2/h6-19H,5H2,1-4H3;2-6H,1H3;1-2H3. The molecule has 0 radical (unpaired) electrons. The summed E-state index contributed by atoms with van der Waals surface area (Å²) in [7, 11) is 3.36. The first-order valence-electron chi connectivity index (χ1n) is 14.1. The van der Waals surface area contributed by atoms with Crippen LogP contribution in [0.4, 0.5) is 11.4 Å². The number of ketones is 1. The van der Waals surface area contributed by atoms with Crippen LogP contribution in [0.1, 0.15) is 70.8 Å². The molecule has 0 aromatic heterocycles. The fourth-order valence-electron chi connectivity index (χ4n) is 3.95. The van der Waals surface area contributed by atoms with E-state index in [1.807, 2.05) is 107 Å². The number of amides is 2. The van der Waals surface area contributed by atoms with Gasteiger partial charge >= 0.3 is 0 Å². The molecule has 0 aliphatic carbocycles. The summed E-state index contributed by atoms with van der Waals surface area (Å²) in [5, 5.41) is 0. The number of benzene rings is 4. The first-order valence-corrected chi connectivity index (χ1v) is 14.1. The van der Waals surface area contributed by atoms with Crippen LogP contribution in [0.2, 0.25) is 0 Å². The lowest BCUT2D eigenvalue weighted by molar-refractivity contribution is 0.0927. The van der Waals surface area contributed by atoms with Gasteiger partial charge in [-0.25, -0.2) is 0 Å². The number of anilines is 2. The Morgan fingerprint density at radius 1 is 0.610 bits per heavy atom. The van der Waals surface area contributed by atoms with Gasteiger partial charge in [-0.3, -0.25) is 14.4 Å². The molecule has 0 saturated heterocycles. The normalized spacial score (nSPS) is 10.6. The summed E-state index contributed by atoms with van der Waals surface area (Å²) >= 11 is 0. The highest BCUT2D eigenvalue weighted by Gasteiger charge is 2.23. The zero-order valence-electron chi connectivity index (χ0n) is 25.3. The van der Waals surface area contributed by atoms with E-state index in [0.717, 1.165) is 11.4 Å². The molecule has 4 aromatic carbocycles. The average Bonchev–Trinajstić information content (AvgIpc) is 3.04. The van der Waals surface area contributed by atoms with Crippen molar-refractivity contribution >= 4 is 29.0 Å². The Labute approximate surface area is 245 Å². The molecule has 2 amide bonds. The molecular formula is C36H42N2O3. The molecule has 1 atom stereocenters. The van der Waals surface area contributed by atoms with Gasteiger partial charge in [-0.1, -0.05) is 100.0 Å². The van der Waals surface area contributed by atoms with Crippen molar-refractivity contribution in [2.75, 3.05) is 23.9 Å². The van der Waals surface area contributed by atoms with Crippen molar-refractivity contribution in [2.45, 2.75) is 41.0 Å². The fraction of sp³-hybridized carbons (Fsp3) is 0.250. The molecule has 0 saturated carbocycles. The van der Waals surface area contributed by atoms with Crippen molar-refractivity contribution in [3.8, 4) is 0 Å². The summed E-state index contributed by atoms with van der Waals surface area (Å²) in [6.07, 6.45) is 0.675. The molecule has 4 rings (SSSR count). The van der Waals surface area contributed by atoms with Crippen molar-refractivity contribution in [3.05, 3.63) is 131 Å². The Morgan fingerprint density at radius 2 is 0.951 bits per heavy atom. The Hall–Kier alpha value is -4.51. The molecule has 41 heavy (non-hydrogen) atoms. The van der Waals surface area contributed by atoms with E-state index < -0.39 is 0 Å². The second-order valence-electron chi connectivity index (χ2n) is 9.53. The smallest absolute Gasteiger partial charge is 0.258 e. The van der Waals surface area contributed by atoms with E-state index in [0.29, 0.717) is 23.1 Å². The topological polar surface area (TPSA) is 57.7 Å². The monoisotopic (exact) mass is 550 g/mol. The van der Waals surface area contributed by atoms with E-state index in [-0.39, 0.29) is 23.5 Å². The van der Waals surface area contributed by atoms with Crippen LogP contribution < -0.4 is 9.80 Å². The van der Waals surface area contributed by atoms with Crippen molar-refractivity contribution in [3.63, 3.8) is 0 Å².